The van der Waals surface area contributed by atoms with Crippen LogP contribution in [0.25, 0.3) is 0 Å². The third-order valence-electron chi connectivity index (χ3n) is 3.02. The molecule has 0 aliphatic heterocycles. The highest BCUT2D eigenvalue weighted by molar-refractivity contribution is 6.30. The van der Waals surface area contributed by atoms with E-state index in [0.717, 1.165) is 5.56 Å². The van der Waals surface area contributed by atoms with Crippen LogP contribution in [0.4, 0.5) is 10.7 Å². The van der Waals surface area contributed by atoms with Gasteiger partial charge in [-0.2, -0.15) is 0 Å². The highest BCUT2D eigenvalue weighted by atomic mass is 35.5. The zero-order chi connectivity index (χ0) is 16.1. The number of nitrogens with one attached hydrogen (secondary N) is 2. The molecule has 0 aliphatic carbocycles. The van der Waals surface area contributed by atoms with Gasteiger partial charge in [0.25, 0.3) is 0 Å². The van der Waals surface area contributed by atoms with Gasteiger partial charge >= 0.3 is 6.03 Å². The number of rotatable bonds is 5. The lowest BCUT2D eigenvalue weighted by Crippen LogP contribution is -2.28. The number of urea groups is 1. The van der Waals surface area contributed by atoms with E-state index in [1.807, 2.05) is 24.3 Å². The van der Waals surface area contributed by atoms with Gasteiger partial charge in [-0.3, -0.25) is 5.32 Å². The highest BCUT2D eigenvalue weighted by Crippen LogP contribution is 2.10. The van der Waals surface area contributed by atoms with E-state index < -0.39 is 6.03 Å². The number of benzene rings is 1. The lowest BCUT2D eigenvalue weighted by atomic mass is 10.2. The number of carbonyl (C=O) groups is 1. The van der Waals surface area contributed by atoms with E-state index in [0.29, 0.717) is 23.9 Å². The minimum atomic E-state index is -0.398. The van der Waals surface area contributed by atoms with Crippen molar-refractivity contribution in [2.24, 2.45) is 0 Å². The fraction of sp³-hybridized carbons (Fsp3) is 0.133. The van der Waals surface area contributed by atoms with Gasteiger partial charge in [0.05, 0.1) is 19.4 Å². The highest BCUT2D eigenvalue weighted by Gasteiger charge is 2.07. The van der Waals surface area contributed by atoms with Gasteiger partial charge in [0.15, 0.2) is 0 Å². The van der Waals surface area contributed by atoms with Gasteiger partial charge in [-0.15, -0.1) is 5.10 Å². The summed E-state index contributed by atoms with van der Waals surface area (Å²) < 4.78 is 6.76. The standard InChI is InChI=1S/C15H14ClN5O2/c16-12-5-3-11(4-6-12)9-21-10-18-14(20-21)19-15(22)17-8-13-2-1-7-23-13/h1-7,10H,8-9H2,(H2,17,19,20,22). The summed E-state index contributed by atoms with van der Waals surface area (Å²) in [6.07, 6.45) is 3.10. The van der Waals surface area contributed by atoms with Crippen molar-refractivity contribution in [2.45, 2.75) is 13.1 Å². The maximum atomic E-state index is 11.7. The van der Waals surface area contributed by atoms with Gasteiger partial charge in [0.1, 0.15) is 12.1 Å². The quantitative estimate of drug-likeness (QED) is 0.752. The zero-order valence-electron chi connectivity index (χ0n) is 12.1. The Morgan fingerprint density at radius 1 is 1.26 bits per heavy atom. The summed E-state index contributed by atoms with van der Waals surface area (Å²) in [6.45, 7) is 0.837. The Morgan fingerprint density at radius 3 is 2.83 bits per heavy atom. The normalized spacial score (nSPS) is 10.5. The summed E-state index contributed by atoms with van der Waals surface area (Å²) in [5, 5.41) is 10.1. The molecule has 118 valence electrons. The van der Waals surface area contributed by atoms with Crippen molar-refractivity contribution in [2.75, 3.05) is 5.32 Å². The molecule has 3 rings (SSSR count). The minimum Gasteiger partial charge on any atom is -0.467 e. The molecule has 0 aliphatic rings. The average Bonchev–Trinajstić information content (AvgIpc) is 3.20. The van der Waals surface area contributed by atoms with Crippen LogP contribution >= 0.6 is 11.6 Å². The third-order valence-corrected chi connectivity index (χ3v) is 3.27. The van der Waals surface area contributed by atoms with Crippen LogP contribution in [0.3, 0.4) is 0 Å². The Kier molecular flexibility index (Phi) is 4.58. The second-order valence-electron chi connectivity index (χ2n) is 4.78. The van der Waals surface area contributed by atoms with Crippen molar-refractivity contribution in [3.63, 3.8) is 0 Å². The van der Waals surface area contributed by atoms with Crippen molar-refractivity contribution < 1.29 is 9.21 Å². The average molecular weight is 332 g/mol. The summed E-state index contributed by atoms with van der Waals surface area (Å²) in [4.78, 5) is 15.8. The number of anilines is 1. The molecule has 0 spiro atoms. The molecule has 0 saturated carbocycles. The number of carbonyl (C=O) groups excluding carboxylic acids is 1. The fourth-order valence-corrected chi connectivity index (χ4v) is 2.06. The van der Waals surface area contributed by atoms with Crippen LogP contribution in [0.1, 0.15) is 11.3 Å². The van der Waals surface area contributed by atoms with Crippen LogP contribution in [0.5, 0.6) is 0 Å². The first-order chi connectivity index (χ1) is 11.2. The molecule has 0 saturated heterocycles. The molecule has 3 aromatic rings. The van der Waals surface area contributed by atoms with Gasteiger partial charge in [-0.1, -0.05) is 23.7 Å². The molecule has 8 heteroatoms. The maximum Gasteiger partial charge on any atom is 0.322 e. The van der Waals surface area contributed by atoms with E-state index in [-0.39, 0.29) is 5.95 Å². The molecular formula is C15H14ClN5O2. The zero-order valence-corrected chi connectivity index (χ0v) is 12.8. The van der Waals surface area contributed by atoms with Crippen LogP contribution in [0.15, 0.2) is 53.4 Å². The van der Waals surface area contributed by atoms with Crippen molar-refractivity contribution in [1.29, 1.82) is 0 Å². The molecule has 0 fully saturated rings. The van der Waals surface area contributed by atoms with Gasteiger partial charge in [-0.25, -0.2) is 14.5 Å². The van der Waals surface area contributed by atoms with Crippen LogP contribution in [0, 0.1) is 0 Å². The first kappa shape index (κ1) is 15.1. The van der Waals surface area contributed by atoms with Gasteiger partial charge < -0.3 is 9.73 Å². The number of aromatic nitrogens is 3. The molecule has 0 radical (unpaired) electrons. The third kappa shape index (κ3) is 4.33. The fourth-order valence-electron chi connectivity index (χ4n) is 1.93. The first-order valence-corrected chi connectivity index (χ1v) is 7.28. The Bertz CT molecular complexity index is 768. The van der Waals surface area contributed by atoms with Crippen molar-refractivity contribution in [3.05, 3.63) is 65.3 Å². The van der Waals surface area contributed by atoms with Crippen molar-refractivity contribution in [3.8, 4) is 0 Å². The molecule has 2 N–H and O–H groups in total. The number of halogens is 1. The lowest BCUT2D eigenvalue weighted by molar-refractivity contribution is 0.250. The summed E-state index contributed by atoms with van der Waals surface area (Å²) in [5.41, 5.74) is 1.04. The molecule has 2 amide bonds. The van der Waals surface area contributed by atoms with E-state index in [9.17, 15) is 4.79 Å². The molecular weight excluding hydrogens is 318 g/mol. The summed E-state index contributed by atoms with van der Waals surface area (Å²) in [5.74, 6) is 0.900. The molecule has 1 aromatic carbocycles. The number of amides is 2. The van der Waals surface area contributed by atoms with E-state index in [2.05, 4.69) is 20.7 Å². The van der Waals surface area contributed by atoms with Crippen LogP contribution in [-0.2, 0) is 13.1 Å². The lowest BCUT2D eigenvalue weighted by Gasteiger charge is -2.03. The Morgan fingerprint density at radius 2 is 2.09 bits per heavy atom. The van der Waals surface area contributed by atoms with Gasteiger partial charge in [0.2, 0.25) is 5.95 Å². The van der Waals surface area contributed by atoms with E-state index in [1.165, 1.54) is 0 Å². The Labute approximate surface area is 137 Å². The Hall–Kier alpha value is -2.80. The van der Waals surface area contributed by atoms with Crippen LogP contribution in [-0.4, -0.2) is 20.8 Å². The largest absolute Gasteiger partial charge is 0.467 e. The molecule has 2 heterocycles. The van der Waals surface area contributed by atoms with Crippen LogP contribution < -0.4 is 10.6 Å². The topological polar surface area (TPSA) is 85.0 Å². The molecule has 0 bridgehead atoms. The Balaban J connectivity index is 1.52. The van der Waals surface area contributed by atoms with E-state index in [1.54, 1.807) is 29.4 Å². The van der Waals surface area contributed by atoms with E-state index in [4.69, 9.17) is 16.0 Å². The summed E-state index contributed by atoms with van der Waals surface area (Å²) >= 11 is 5.85. The number of hydrogen-bond donors (Lipinski definition) is 2. The smallest absolute Gasteiger partial charge is 0.322 e. The van der Waals surface area contributed by atoms with Crippen molar-refractivity contribution >= 4 is 23.6 Å². The minimum absolute atomic E-state index is 0.232. The maximum absolute atomic E-state index is 11.7. The first-order valence-electron chi connectivity index (χ1n) is 6.90. The second-order valence-corrected chi connectivity index (χ2v) is 5.22. The van der Waals surface area contributed by atoms with Gasteiger partial charge in [0, 0.05) is 5.02 Å². The van der Waals surface area contributed by atoms with Crippen LogP contribution in [0.2, 0.25) is 5.02 Å². The molecule has 0 atom stereocenters. The van der Waals surface area contributed by atoms with Crippen molar-refractivity contribution in [1.82, 2.24) is 20.1 Å². The molecule has 2 aromatic heterocycles. The van der Waals surface area contributed by atoms with Gasteiger partial charge in [-0.05, 0) is 29.8 Å². The molecule has 7 nitrogen and oxygen atoms in total. The number of nitrogens with zero attached hydrogens (tertiary/aromatic N) is 3. The number of furan rings is 1. The monoisotopic (exact) mass is 331 g/mol. The summed E-state index contributed by atoms with van der Waals surface area (Å²) in [7, 11) is 0. The molecule has 23 heavy (non-hydrogen) atoms. The number of hydrogen-bond acceptors (Lipinski definition) is 4. The van der Waals surface area contributed by atoms with E-state index >= 15 is 0 Å². The SMILES string of the molecule is O=C(NCc1ccco1)Nc1ncn(Cc2ccc(Cl)cc2)n1. The summed E-state index contributed by atoms with van der Waals surface area (Å²) in [6, 6.07) is 10.6. The predicted molar refractivity (Wildman–Crippen MR) is 85.1 cm³/mol. The molecule has 0 unspecified atom stereocenters. The predicted octanol–water partition coefficient (Wildman–Crippen LogP) is 2.89. The second kappa shape index (κ2) is 6.97.